The molecule has 0 unspecified atom stereocenters. The Labute approximate surface area is 119 Å². The second kappa shape index (κ2) is 5.13. The highest BCUT2D eigenvalue weighted by molar-refractivity contribution is 5.87. The van der Waals surface area contributed by atoms with Crippen LogP contribution >= 0.6 is 0 Å². The number of fused-ring (bicyclic) bond motifs is 1. The van der Waals surface area contributed by atoms with Crippen LogP contribution < -0.4 is 4.74 Å². The molecule has 0 heterocycles. The molecule has 106 valence electrons. The average molecular weight is 288 g/mol. The molecule has 21 heavy (non-hydrogen) atoms. The summed E-state index contributed by atoms with van der Waals surface area (Å²) in [6, 6.07) is 19.6. The maximum atomic E-state index is 12.3. The van der Waals surface area contributed by atoms with Crippen LogP contribution in [0.1, 0.15) is 0 Å². The molecule has 0 saturated carbocycles. The van der Waals surface area contributed by atoms with Crippen LogP contribution in [0.5, 0.6) is 5.75 Å². The van der Waals surface area contributed by atoms with Gasteiger partial charge in [0.05, 0.1) is 0 Å². The Morgan fingerprint density at radius 3 is 2.14 bits per heavy atom. The maximum Gasteiger partial charge on any atom is 0.573 e. The van der Waals surface area contributed by atoms with Gasteiger partial charge in [-0.15, -0.1) is 13.2 Å². The van der Waals surface area contributed by atoms with Crippen LogP contribution in [0, 0.1) is 0 Å². The van der Waals surface area contributed by atoms with Gasteiger partial charge in [-0.3, -0.25) is 0 Å². The smallest absolute Gasteiger partial charge is 0.406 e. The lowest BCUT2D eigenvalue weighted by Gasteiger charge is -2.10. The van der Waals surface area contributed by atoms with E-state index in [0.717, 1.165) is 16.3 Å². The SMILES string of the molecule is FC(F)(F)Oc1cccc(-c2ccc3ccccc3c2)c1. The molecule has 4 heteroatoms. The molecule has 0 N–H and O–H groups in total. The first-order valence-electron chi connectivity index (χ1n) is 6.36. The lowest BCUT2D eigenvalue weighted by Crippen LogP contribution is -2.17. The molecule has 0 fully saturated rings. The zero-order valence-electron chi connectivity index (χ0n) is 10.9. The number of hydrogen-bond acceptors (Lipinski definition) is 1. The lowest BCUT2D eigenvalue weighted by molar-refractivity contribution is -0.274. The summed E-state index contributed by atoms with van der Waals surface area (Å²) in [6.45, 7) is 0. The van der Waals surface area contributed by atoms with Crippen molar-refractivity contribution in [1.29, 1.82) is 0 Å². The normalized spacial score (nSPS) is 11.6. The van der Waals surface area contributed by atoms with Crippen molar-refractivity contribution >= 4 is 10.8 Å². The Bertz CT molecular complexity index is 778. The number of halogens is 3. The Balaban J connectivity index is 2.00. The van der Waals surface area contributed by atoms with Gasteiger partial charge in [0.1, 0.15) is 5.75 Å². The van der Waals surface area contributed by atoms with E-state index < -0.39 is 6.36 Å². The van der Waals surface area contributed by atoms with Crippen molar-refractivity contribution in [3.05, 3.63) is 66.7 Å². The Morgan fingerprint density at radius 2 is 1.38 bits per heavy atom. The van der Waals surface area contributed by atoms with E-state index in [1.807, 2.05) is 42.5 Å². The molecule has 0 saturated heterocycles. The largest absolute Gasteiger partial charge is 0.573 e. The first kappa shape index (κ1) is 13.5. The van der Waals surface area contributed by atoms with Crippen LogP contribution in [0.3, 0.4) is 0 Å². The first-order chi connectivity index (χ1) is 10.0. The van der Waals surface area contributed by atoms with E-state index in [0.29, 0.717) is 5.56 Å². The van der Waals surface area contributed by atoms with E-state index in [4.69, 9.17) is 0 Å². The van der Waals surface area contributed by atoms with Gasteiger partial charge in [0, 0.05) is 0 Å². The average Bonchev–Trinajstić information content (AvgIpc) is 2.45. The molecule has 1 nitrogen and oxygen atoms in total. The number of hydrogen-bond donors (Lipinski definition) is 0. The molecule has 0 aromatic heterocycles. The fraction of sp³-hybridized carbons (Fsp3) is 0.0588. The van der Waals surface area contributed by atoms with Gasteiger partial charge in [-0.05, 0) is 40.1 Å². The predicted molar refractivity (Wildman–Crippen MR) is 76.1 cm³/mol. The molecular formula is C17H11F3O. The van der Waals surface area contributed by atoms with Gasteiger partial charge in [0.2, 0.25) is 0 Å². The van der Waals surface area contributed by atoms with Gasteiger partial charge >= 0.3 is 6.36 Å². The Kier molecular flexibility index (Phi) is 3.29. The van der Waals surface area contributed by atoms with Crippen LogP contribution in [0.4, 0.5) is 13.2 Å². The standard InChI is InChI=1S/C17H11F3O/c18-17(19,20)21-16-7-3-6-14(11-16)15-9-8-12-4-1-2-5-13(12)10-15/h1-11H. The fourth-order valence-electron chi connectivity index (χ4n) is 2.24. The van der Waals surface area contributed by atoms with Crippen LogP contribution in [0.25, 0.3) is 21.9 Å². The summed E-state index contributed by atoms with van der Waals surface area (Å²) in [7, 11) is 0. The van der Waals surface area contributed by atoms with Gasteiger partial charge in [-0.25, -0.2) is 0 Å². The van der Waals surface area contributed by atoms with Gasteiger partial charge in [0.25, 0.3) is 0 Å². The zero-order valence-corrected chi connectivity index (χ0v) is 10.9. The molecule has 0 aliphatic heterocycles. The summed E-state index contributed by atoms with van der Waals surface area (Å²) in [5.74, 6) is -0.215. The second-order valence-electron chi connectivity index (χ2n) is 4.64. The quantitative estimate of drug-likeness (QED) is 0.613. The van der Waals surface area contributed by atoms with E-state index in [-0.39, 0.29) is 5.75 Å². The molecule has 3 aromatic carbocycles. The highest BCUT2D eigenvalue weighted by Gasteiger charge is 2.31. The third kappa shape index (κ3) is 3.16. The molecule has 0 radical (unpaired) electrons. The number of alkyl halides is 3. The van der Waals surface area contributed by atoms with Crippen LogP contribution in [-0.2, 0) is 0 Å². The second-order valence-corrected chi connectivity index (χ2v) is 4.64. The van der Waals surface area contributed by atoms with Crippen LogP contribution in [0.15, 0.2) is 66.7 Å². The van der Waals surface area contributed by atoms with Crippen molar-refractivity contribution in [2.45, 2.75) is 6.36 Å². The van der Waals surface area contributed by atoms with Crippen LogP contribution in [0.2, 0.25) is 0 Å². The number of rotatable bonds is 2. The van der Waals surface area contributed by atoms with Crippen molar-refractivity contribution in [3.63, 3.8) is 0 Å². The summed E-state index contributed by atoms with van der Waals surface area (Å²) in [4.78, 5) is 0. The van der Waals surface area contributed by atoms with Gasteiger partial charge in [-0.2, -0.15) is 0 Å². The summed E-state index contributed by atoms with van der Waals surface area (Å²) >= 11 is 0. The monoisotopic (exact) mass is 288 g/mol. The number of benzene rings is 3. The van der Waals surface area contributed by atoms with E-state index in [1.54, 1.807) is 12.1 Å². The van der Waals surface area contributed by atoms with Crippen molar-refractivity contribution in [2.75, 3.05) is 0 Å². The van der Waals surface area contributed by atoms with Gasteiger partial charge in [-0.1, -0.05) is 48.5 Å². The van der Waals surface area contributed by atoms with Crippen LogP contribution in [-0.4, -0.2) is 6.36 Å². The van der Waals surface area contributed by atoms with Gasteiger partial charge in [0.15, 0.2) is 0 Å². The third-order valence-electron chi connectivity index (χ3n) is 3.15. The highest BCUT2D eigenvalue weighted by Crippen LogP contribution is 2.29. The van der Waals surface area contributed by atoms with Gasteiger partial charge < -0.3 is 4.74 Å². The zero-order chi connectivity index (χ0) is 14.9. The minimum absolute atomic E-state index is 0.215. The lowest BCUT2D eigenvalue weighted by atomic mass is 10.0. The molecule has 0 spiro atoms. The highest BCUT2D eigenvalue weighted by atomic mass is 19.4. The molecule has 3 rings (SSSR count). The fourth-order valence-corrected chi connectivity index (χ4v) is 2.24. The Hall–Kier alpha value is -2.49. The summed E-state index contributed by atoms with van der Waals surface area (Å²) in [6.07, 6.45) is -4.68. The molecular weight excluding hydrogens is 277 g/mol. The van der Waals surface area contributed by atoms with E-state index in [2.05, 4.69) is 4.74 Å². The van der Waals surface area contributed by atoms with Crippen molar-refractivity contribution in [2.24, 2.45) is 0 Å². The molecule has 0 bridgehead atoms. The first-order valence-corrected chi connectivity index (χ1v) is 6.36. The van der Waals surface area contributed by atoms with E-state index in [1.165, 1.54) is 12.1 Å². The Morgan fingerprint density at radius 1 is 0.667 bits per heavy atom. The molecule has 0 aliphatic rings. The molecule has 3 aromatic rings. The maximum absolute atomic E-state index is 12.3. The third-order valence-corrected chi connectivity index (χ3v) is 3.15. The number of ether oxygens (including phenoxy) is 1. The van der Waals surface area contributed by atoms with Crippen molar-refractivity contribution in [1.82, 2.24) is 0 Å². The summed E-state index contributed by atoms with van der Waals surface area (Å²) in [5.41, 5.74) is 1.53. The molecule has 0 atom stereocenters. The van der Waals surface area contributed by atoms with Crippen molar-refractivity contribution in [3.8, 4) is 16.9 Å². The summed E-state index contributed by atoms with van der Waals surface area (Å²) in [5, 5.41) is 2.13. The topological polar surface area (TPSA) is 9.23 Å². The summed E-state index contributed by atoms with van der Waals surface area (Å²) < 4.78 is 40.7. The minimum atomic E-state index is -4.68. The molecule has 0 amide bonds. The minimum Gasteiger partial charge on any atom is -0.406 e. The molecule has 0 aliphatic carbocycles. The van der Waals surface area contributed by atoms with E-state index in [9.17, 15) is 13.2 Å². The van der Waals surface area contributed by atoms with Crippen molar-refractivity contribution < 1.29 is 17.9 Å². The predicted octanol–water partition coefficient (Wildman–Crippen LogP) is 5.41. The van der Waals surface area contributed by atoms with E-state index >= 15 is 0 Å².